The minimum Gasteiger partial charge on any atom is -0.393 e. The van der Waals surface area contributed by atoms with E-state index in [-0.39, 0.29) is 11.5 Å². The third-order valence-electron chi connectivity index (χ3n) is 3.56. The molecule has 1 saturated heterocycles. The summed E-state index contributed by atoms with van der Waals surface area (Å²) in [4.78, 5) is 0.105. The third kappa shape index (κ3) is 4.99. The number of hydrogen-bond donors (Lipinski definition) is 1. The monoisotopic (exact) mass is 344 g/mol. The van der Waals surface area contributed by atoms with Crippen LogP contribution in [0.3, 0.4) is 0 Å². The molecule has 1 aromatic rings. The van der Waals surface area contributed by atoms with Gasteiger partial charge in [-0.2, -0.15) is 8.42 Å². The largest absolute Gasteiger partial charge is 0.393 e. The second-order valence-electron chi connectivity index (χ2n) is 6.35. The first-order valence-electron chi connectivity index (χ1n) is 7.59. The molecule has 1 aromatic carbocycles. The average molecular weight is 344 g/mol. The van der Waals surface area contributed by atoms with Crippen LogP contribution in [0.2, 0.25) is 0 Å². The third-order valence-corrected chi connectivity index (χ3v) is 4.85. The molecule has 0 spiro atoms. The first-order chi connectivity index (χ1) is 10.6. The number of rotatable bonds is 6. The van der Waals surface area contributed by atoms with E-state index in [1.54, 1.807) is 32.9 Å². The van der Waals surface area contributed by atoms with Gasteiger partial charge in [-0.1, -0.05) is 17.7 Å². The number of aliphatic hydroxyl groups is 1. The Kier molecular flexibility index (Phi) is 5.48. The van der Waals surface area contributed by atoms with Gasteiger partial charge in [-0.25, -0.2) is 0 Å². The highest BCUT2D eigenvalue weighted by atomic mass is 32.2. The molecule has 7 heteroatoms. The van der Waals surface area contributed by atoms with Crippen molar-refractivity contribution in [3.05, 3.63) is 29.8 Å². The summed E-state index contributed by atoms with van der Waals surface area (Å²) >= 11 is 0. The molecular formula is C16H24O6S. The van der Waals surface area contributed by atoms with E-state index in [4.69, 9.17) is 13.7 Å². The van der Waals surface area contributed by atoms with Crippen LogP contribution in [0.1, 0.15) is 32.8 Å². The Hall–Kier alpha value is -0.990. The Morgan fingerprint density at radius 1 is 1.22 bits per heavy atom. The lowest BCUT2D eigenvalue weighted by molar-refractivity contribution is -0.150. The minimum atomic E-state index is -3.85. The molecule has 6 nitrogen and oxygen atoms in total. The Morgan fingerprint density at radius 2 is 1.78 bits per heavy atom. The second-order valence-corrected chi connectivity index (χ2v) is 7.96. The SMILES string of the molecule is Cc1ccc(S(=O)(=O)OC[C@H]2OC(C)(C)O[C@@H]2C[C@@H](C)O)cc1. The Labute approximate surface area is 137 Å². The summed E-state index contributed by atoms with van der Waals surface area (Å²) in [6.07, 6.45) is -1.20. The average Bonchev–Trinajstić information content (AvgIpc) is 2.70. The number of hydrogen-bond acceptors (Lipinski definition) is 6. The maximum absolute atomic E-state index is 12.2. The highest BCUT2D eigenvalue weighted by Gasteiger charge is 2.42. The lowest BCUT2D eigenvalue weighted by atomic mass is 10.1. The lowest BCUT2D eigenvalue weighted by Gasteiger charge is -2.18. The van der Waals surface area contributed by atoms with Crippen molar-refractivity contribution >= 4 is 10.1 Å². The van der Waals surface area contributed by atoms with Crippen molar-refractivity contribution in [2.45, 2.75) is 63.1 Å². The van der Waals surface area contributed by atoms with Crippen LogP contribution >= 0.6 is 0 Å². The van der Waals surface area contributed by atoms with E-state index in [0.29, 0.717) is 6.42 Å². The van der Waals surface area contributed by atoms with E-state index in [1.807, 2.05) is 6.92 Å². The van der Waals surface area contributed by atoms with Crippen LogP contribution in [-0.2, 0) is 23.8 Å². The van der Waals surface area contributed by atoms with E-state index < -0.39 is 34.2 Å². The fourth-order valence-electron chi connectivity index (χ4n) is 2.52. The van der Waals surface area contributed by atoms with Gasteiger partial charge in [0.15, 0.2) is 5.79 Å². The van der Waals surface area contributed by atoms with Crippen LogP contribution in [-0.4, -0.2) is 44.2 Å². The van der Waals surface area contributed by atoms with Gasteiger partial charge in [0.05, 0.1) is 23.7 Å². The fourth-order valence-corrected chi connectivity index (χ4v) is 3.43. The van der Waals surface area contributed by atoms with Crippen molar-refractivity contribution in [3.63, 3.8) is 0 Å². The highest BCUT2D eigenvalue weighted by molar-refractivity contribution is 7.86. The highest BCUT2D eigenvalue weighted by Crippen LogP contribution is 2.31. The molecule has 0 radical (unpaired) electrons. The van der Waals surface area contributed by atoms with Crippen LogP contribution in [0.4, 0.5) is 0 Å². The molecule has 0 aromatic heterocycles. The lowest BCUT2D eigenvalue weighted by Crippen LogP contribution is -2.31. The topological polar surface area (TPSA) is 82.1 Å². The number of aryl methyl sites for hydroxylation is 1. The molecule has 1 heterocycles. The molecule has 3 atom stereocenters. The Balaban J connectivity index is 2.04. The molecule has 23 heavy (non-hydrogen) atoms. The Morgan fingerprint density at radius 3 is 2.35 bits per heavy atom. The normalized spacial score (nSPS) is 25.4. The van der Waals surface area contributed by atoms with Gasteiger partial charge in [-0.15, -0.1) is 0 Å². The molecular weight excluding hydrogens is 320 g/mol. The molecule has 0 aliphatic carbocycles. The molecule has 1 aliphatic rings. The van der Waals surface area contributed by atoms with E-state index in [0.717, 1.165) is 5.56 Å². The molecule has 1 N–H and O–H groups in total. The van der Waals surface area contributed by atoms with Crippen molar-refractivity contribution in [1.29, 1.82) is 0 Å². The Bertz CT molecular complexity index is 620. The summed E-state index contributed by atoms with van der Waals surface area (Å²) in [6, 6.07) is 6.44. The summed E-state index contributed by atoms with van der Waals surface area (Å²) in [5.41, 5.74) is 0.968. The predicted molar refractivity (Wildman–Crippen MR) is 84.4 cm³/mol. The summed E-state index contributed by atoms with van der Waals surface area (Å²) < 4.78 is 41.0. The van der Waals surface area contributed by atoms with Crippen molar-refractivity contribution in [2.24, 2.45) is 0 Å². The second kappa shape index (κ2) is 6.86. The maximum atomic E-state index is 12.2. The van der Waals surface area contributed by atoms with E-state index in [2.05, 4.69) is 0 Å². The van der Waals surface area contributed by atoms with Gasteiger partial charge < -0.3 is 14.6 Å². The van der Waals surface area contributed by atoms with Crippen LogP contribution < -0.4 is 0 Å². The fraction of sp³-hybridized carbons (Fsp3) is 0.625. The molecule has 0 unspecified atom stereocenters. The van der Waals surface area contributed by atoms with Gasteiger partial charge in [0.25, 0.3) is 10.1 Å². The summed E-state index contributed by atoms with van der Waals surface area (Å²) in [5, 5.41) is 9.54. The van der Waals surface area contributed by atoms with Crippen molar-refractivity contribution in [1.82, 2.24) is 0 Å². The van der Waals surface area contributed by atoms with Crippen LogP contribution in [0.15, 0.2) is 29.2 Å². The minimum absolute atomic E-state index is 0.105. The molecule has 0 amide bonds. The van der Waals surface area contributed by atoms with Gasteiger partial charge in [0.2, 0.25) is 0 Å². The van der Waals surface area contributed by atoms with E-state index in [9.17, 15) is 13.5 Å². The zero-order chi connectivity index (χ0) is 17.3. The standard InChI is InChI=1S/C16H24O6S/c1-11-5-7-13(8-6-11)23(18,19)20-10-15-14(9-12(2)17)21-16(3,4)22-15/h5-8,12,14-15,17H,9-10H2,1-4H3/t12-,14-,15-/m1/s1. The van der Waals surface area contributed by atoms with Gasteiger partial charge >= 0.3 is 0 Å². The van der Waals surface area contributed by atoms with Crippen molar-refractivity contribution < 1.29 is 27.2 Å². The zero-order valence-electron chi connectivity index (χ0n) is 13.9. The molecule has 1 fully saturated rings. The van der Waals surface area contributed by atoms with Crippen molar-refractivity contribution in [2.75, 3.05) is 6.61 Å². The first-order valence-corrected chi connectivity index (χ1v) is 9.00. The number of benzene rings is 1. The van der Waals surface area contributed by atoms with E-state index in [1.165, 1.54) is 12.1 Å². The number of ether oxygens (including phenoxy) is 2. The summed E-state index contributed by atoms with van der Waals surface area (Å²) in [6.45, 7) is 6.86. The molecule has 1 aliphatic heterocycles. The molecule has 2 rings (SSSR count). The van der Waals surface area contributed by atoms with Crippen LogP contribution in [0.5, 0.6) is 0 Å². The molecule has 0 bridgehead atoms. The maximum Gasteiger partial charge on any atom is 0.297 e. The van der Waals surface area contributed by atoms with Crippen LogP contribution in [0.25, 0.3) is 0 Å². The first kappa shape index (κ1) is 18.4. The zero-order valence-corrected chi connectivity index (χ0v) is 14.7. The van der Waals surface area contributed by atoms with Crippen LogP contribution in [0, 0.1) is 6.92 Å². The molecule has 0 saturated carbocycles. The van der Waals surface area contributed by atoms with Gasteiger partial charge in [-0.3, -0.25) is 4.18 Å². The van der Waals surface area contributed by atoms with Gasteiger partial charge in [0, 0.05) is 6.42 Å². The van der Waals surface area contributed by atoms with Gasteiger partial charge in [-0.05, 0) is 39.8 Å². The summed E-state index contributed by atoms with van der Waals surface area (Å²) in [7, 11) is -3.85. The van der Waals surface area contributed by atoms with E-state index >= 15 is 0 Å². The molecule has 130 valence electrons. The predicted octanol–water partition coefficient (Wildman–Crippen LogP) is 1.99. The van der Waals surface area contributed by atoms with Crippen molar-refractivity contribution in [3.8, 4) is 0 Å². The smallest absolute Gasteiger partial charge is 0.297 e. The number of aliphatic hydroxyl groups excluding tert-OH is 1. The summed E-state index contributed by atoms with van der Waals surface area (Å²) in [5.74, 6) is -0.832. The van der Waals surface area contributed by atoms with Gasteiger partial charge in [0.1, 0.15) is 6.10 Å². The quantitative estimate of drug-likeness (QED) is 0.795.